The first-order valence-corrected chi connectivity index (χ1v) is 6.47. The molecule has 0 saturated heterocycles. The molecule has 104 valence electrons. The summed E-state index contributed by atoms with van der Waals surface area (Å²) in [7, 11) is 0. The van der Waals surface area contributed by atoms with Gasteiger partial charge in [-0.2, -0.15) is 0 Å². The summed E-state index contributed by atoms with van der Waals surface area (Å²) < 4.78 is 0. The highest BCUT2D eigenvalue weighted by Gasteiger charge is 2.14. The molecule has 0 heterocycles. The molecule has 19 heavy (non-hydrogen) atoms. The third-order valence-electron chi connectivity index (χ3n) is 2.63. The Labute approximate surface area is 113 Å². The fraction of sp³-hybridized carbons (Fsp3) is 0.429. The van der Waals surface area contributed by atoms with Crippen LogP contribution < -0.4 is 16.4 Å². The maximum Gasteiger partial charge on any atom is 0.239 e. The third-order valence-corrected chi connectivity index (χ3v) is 2.63. The van der Waals surface area contributed by atoms with Gasteiger partial charge in [0.1, 0.15) is 0 Å². The van der Waals surface area contributed by atoms with Crippen LogP contribution in [-0.4, -0.2) is 30.9 Å². The van der Waals surface area contributed by atoms with E-state index in [2.05, 4.69) is 10.6 Å². The molecule has 0 spiro atoms. The Kier molecular flexibility index (Phi) is 6.60. The van der Waals surface area contributed by atoms with E-state index in [9.17, 15) is 9.59 Å². The maximum atomic E-state index is 11.7. The number of carbonyl (C=O) groups is 2. The lowest BCUT2D eigenvalue weighted by molar-refractivity contribution is -0.126. The Balaban J connectivity index is 2.31. The van der Waals surface area contributed by atoms with Crippen LogP contribution in [-0.2, 0) is 16.0 Å². The van der Waals surface area contributed by atoms with E-state index in [0.29, 0.717) is 13.0 Å². The maximum absolute atomic E-state index is 11.7. The molecule has 0 radical (unpaired) electrons. The summed E-state index contributed by atoms with van der Waals surface area (Å²) in [6, 6.07) is 8.91. The van der Waals surface area contributed by atoms with E-state index in [4.69, 9.17) is 5.73 Å². The molecule has 0 saturated carbocycles. The number of nitrogens with one attached hydrogen (secondary N) is 2. The van der Waals surface area contributed by atoms with E-state index in [1.54, 1.807) is 0 Å². The second-order valence-electron chi connectivity index (χ2n) is 4.36. The Morgan fingerprint density at radius 2 is 1.89 bits per heavy atom. The highest BCUT2D eigenvalue weighted by Crippen LogP contribution is 2.01. The van der Waals surface area contributed by atoms with Crippen molar-refractivity contribution in [1.82, 2.24) is 10.6 Å². The van der Waals surface area contributed by atoms with Crippen molar-refractivity contribution >= 4 is 11.8 Å². The first-order chi connectivity index (χ1) is 9.13. The van der Waals surface area contributed by atoms with E-state index in [1.165, 1.54) is 0 Å². The van der Waals surface area contributed by atoms with Crippen LogP contribution in [0.5, 0.6) is 0 Å². The molecule has 1 atom stereocenters. The average Bonchev–Trinajstić information content (AvgIpc) is 2.43. The lowest BCUT2D eigenvalue weighted by Crippen LogP contribution is -2.45. The molecule has 0 aromatic heterocycles. The van der Waals surface area contributed by atoms with Gasteiger partial charge in [-0.3, -0.25) is 9.59 Å². The standard InChI is InChI=1S/C14H21N3O2/c1-2-8-16-13(18)10-17-14(19)12(15)9-11-6-4-3-5-7-11/h3-7,12H,2,8-10,15H2,1H3,(H,16,18)(H,17,19). The van der Waals surface area contributed by atoms with Crippen molar-refractivity contribution in [1.29, 1.82) is 0 Å². The van der Waals surface area contributed by atoms with Gasteiger partial charge in [-0.05, 0) is 18.4 Å². The Morgan fingerprint density at radius 1 is 1.21 bits per heavy atom. The summed E-state index contributed by atoms with van der Waals surface area (Å²) in [6.45, 7) is 2.56. The molecule has 4 N–H and O–H groups in total. The zero-order valence-corrected chi connectivity index (χ0v) is 11.2. The van der Waals surface area contributed by atoms with Crippen molar-refractivity contribution in [2.45, 2.75) is 25.8 Å². The molecule has 0 fully saturated rings. The quantitative estimate of drug-likeness (QED) is 0.657. The van der Waals surface area contributed by atoms with Crippen LogP contribution in [0.1, 0.15) is 18.9 Å². The first kappa shape index (κ1) is 15.2. The molecule has 2 amide bonds. The number of rotatable bonds is 7. The highest BCUT2D eigenvalue weighted by molar-refractivity contribution is 5.87. The Hall–Kier alpha value is -1.88. The molecule has 1 unspecified atom stereocenters. The number of hydrogen-bond donors (Lipinski definition) is 3. The van der Waals surface area contributed by atoms with E-state index in [-0.39, 0.29) is 18.4 Å². The van der Waals surface area contributed by atoms with Gasteiger partial charge in [0.05, 0.1) is 12.6 Å². The van der Waals surface area contributed by atoms with Crippen molar-refractivity contribution in [2.24, 2.45) is 5.73 Å². The summed E-state index contributed by atoms with van der Waals surface area (Å²) in [5.74, 6) is -0.502. The first-order valence-electron chi connectivity index (χ1n) is 6.47. The van der Waals surface area contributed by atoms with E-state index in [0.717, 1.165) is 12.0 Å². The average molecular weight is 263 g/mol. The molecule has 0 aliphatic carbocycles. The fourth-order valence-electron chi connectivity index (χ4n) is 1.59. The van der Waals surface area contributed by atoms with Crippen LogP contribution in [0.25, 0.3) is 0 Å². The number of hydrogen-bond acceptors (Lipinski definition) is 3. The minimum atomic E-state index is -0.638. The van der Waals surface area contributed by atoms with Crippen LogP contribution in [0, 0.1) is 0 Å². The van der Waals surface area contributed by atoms with Gasteiger partial charge < -0.3 is 16.4 Å². The minimum Gasteiger partial charge on any atom is -0.355 e. The van der Waals surface area contributed by atoms with Gasteiger partial charge in [-0.15, -0.1) is 0 Å². The molecule has 1 aromatic rings. The zero-order valence-electron chi connectivity index (χ0n) is 11.2. The molecule has 0 bridgehead atoms. The smallest absolute Gasteiger partial charge is 0.239 e. The number of nitrogens with two attached hydrogens (primary N) is 1. The normalized spacial score (nSPS) is 11.7. The van der Waals surface area contributed by atoms with Gasteiger partial charge in [0.15, 0.2) is 0 Å². The van der Waals surface area contributed by atoms with Gasteiger partial charge in [0.25, 0.3) is 0 Å². The Morgan fingerprint density at radius 3 is 2.53 bits per heavy atom. The largest absolute Gasteiger partial charge is 0.355 e. The summed E-state index contributed by atoms with van der Waals surface area (Å²) in [5.41, 5.74) is 6.79. The van der Waals surface area contributed by atoms with Gasteiger partial charge >= 0.3 is 0 Å². The van der Waals surface area contributed by atoms with Crippen LogP contribution >= 0.6 is 0 Å². The molecular weight excluding hydrogens is 242 g/mol. The second-order valence-corrected chi connectivity index (χ2v) is 4.36. The molecular formula is C14H21N3O2. The lowest BCUT2D eigenvalue weighted by atomic mass is 10.1. The summed E-state index contributed by atoms with van der Waals surface area (Å²) in [6.07, 6.45) is 1.33. The van der Waals surface area contributed by atoms with Gasteiger partial charge in [-0.1, -0.05) is 37.3 Å². The minimum absolute atomic E-state index is 0.0265. The van der Waals surface area contributed by atoms with Gasteiger partial charge in [0.2, 0.25) is 11.8 Å². The predicted molar refractivity (Wildman–Crippen MR) is 74.4 cm³/mol. The molecule has 0 aliphatic heterocycles. The van der Waals surface area contributed by atoms with Crippen LogP contribution in [0.15, 0.2) is 30.3 Å². The summed E-state index contributed by atoms with van der Waals surface area (Å²) in [5, 5.41) is 5.22. The van der Waals surface area contributed by atoms with E-state index < -0.39 is 6.04 Å². The van der Waals surface area contributed by atoms with Crippen molar-refractivity contribution < 1.29 is 9.59 Å². The number of amides is 2. The predicted octanol–water partition coefficient (Wildman–Crippen LogP) is 0.199. The van der Waals surface area contributed by atoms with Crippen LogP contribution in [0.2, 0.25) is 0 Å². The van der Waals surface area contributed by atoms with Crippen molar-refractivity contribution in [2.75, 3.05) is 13.1 Å². The zero-order chi connectivity index (χ0) is 14.1. The molecule has 5 nitrogen and oxygen atoms in total. The van der Waals surface area contributed by atoms with Crippen LogP contribution in [0.4, 0.5) is 0 Å². The Bertz CT molecular complexity index is 406. The fourth-order valence-corrected chi connectivity index (χ4v) is 1.59. The number of carbonyl (C=O) groups excluding carboxylic acids is 2. The van der Waals surface area contributed by atoms with Crippen molar-refractivity contribution in [3.05, 3.63) is 35.9 Å². The van der Waals surface area contributed by atoms with Crippen molar-refractivity contribution in [3.8, 4) is 0 Å². The van der Waals surface area contributed by atoms with Gasteiger partial charge in [0, 0.05) is 6.54 Å². The van der Waals surface area contributed by atoms with Crippen LogP contribution in [0.3, 0.4) is 0 Å². The lowest BCUT2D eigenvalue weighted by Gasteiger charge is -2.12. The van der Waals surface area contributed by atoms with Crippen molar-refractivity contribution in [3.63, 3.8) is 0 Å². The molecule has 1 aromatic carbocycles. The summed E-state index contributed by atoms with van der Waals surface area (Å²) >= 11 is 0. The van der Waals surface area contributed by atoms with Gasteiger partial charge in [-0.25, -0.2) is 0 Å². The molecule has 0 aliphatic rings. The number of benzene rings is 1. The molecule has 1 rings (SSSR count). The topological polar surface area (TPSA) is 84.2 Å². The summed E-state index contributed by atoms with van der Waals surface area (Å²) in [4.78, 5) is 23.0. The van der Waals surface area contributed by atoms with E-state index in [1.807, 2.05) is 37.3 Å². The highest BCUT2D eigenvalue weighted by atomic mass is 16.2. The third kappa shape index (κ3) is 6.01. The second kappa shape index (κ2) is 8.26. The SMILES string of the molecule is CCCNC(=O)CNC(=O)C(N)Cc1ccccc1. The van der Waals surface area contributed by atoms with E-state index >= 15 is 0 Å². The monoisotopic (exact) mass is 263 g/mol. The molecule has 5 heteroatoms.